The molecule has 1 aromatic carbocycles. The number of amides is 5. The molecule has 1 unspecified atom stereocenters. The van der Waals surface area contributed by atoms with Gasteiger partial charge in [0.15, 0.2) is 5.78 Å². The zero-order valence-electron chi connectivity index (χ0n) is 53.0. The van der Waals surface area contributed by atoms with Crippen LogP contribution < -0.4 is 26.2 Å². The van der Waals surface area contributed by atoms with E-state index in [1.807, 2.05) is 13.8 Å². The zero-order chi connectivity index (χ0) is 69.2. The number of rotatable bonds is 19. The van der Waals surface area contributed by atoms with E-state index in [9.17, 15) is 63.6 Å². The van der Waals surface area contributed by atoms with Gasteiger partial charge >= 0.3 is 24.0 Å². The number of aliphatic carboxylic acids is 3. The first-order chi connectivity index (χ1) is 46.5. The molecule has 1 fully saturated rings. The van der Waals surface area contributed by atoms with Crippen LogP contribution in [-0.2, 0) is 40.1 Å². The van der Waals surface area contributed by atoms with Gasteiger partial charge in [-0.05, 0) is 75.5 Å². The maximum absolute atomic E-state index is 14.5. The number of hydrogen-bond acceptors (Lipinski definition) is 25. The summed E-state index contributed by atoms with van der Waals surface area (Å²) >= 11 is 6.99. The Morgan fingerprint density at radius 2 is 1.42 bits per heavy atom. The highest BCUT2D eigenvalue weighted by Crippen LogP contribution is 2.41. The number of carboxylic acid groups (broad SMARTS) is 3. The van der Waals surface area contributed by atoms with Crippen molar-refractivity contribution in [3.05, 3.63) is 111 Å². The maximum atomic E-state index is 14.5. The summed E-state index contributed by atoms with van der Waals surface area (Å²) in [5.41, 5.74) is 2.30. The second kappa shape index (κ2) is 32.1. The number of aryl methyl sites for hydroxylation is 1. The molecule has 1 saturated carbocycles. The number of benzene rings is 1. The minimum absolute atomic E-state index is 0.00270. The summed E-state index contributed by atoms with van der Waals surface area (Å²) in [6.07, 6.45) is -2.16. The highest BCUT2D eigenvalue weighted by molar-refractivity contribution is 7.15. The minimum atomic E-state index is -1.32. The van der Waals surface area contributed by atoms with Crippen LogP contribution in [0.4, 0.5) is 10.6 Å². The van der Waals surface area contributed by atoms with E-state index >= 15 is 0 Å². The first kappa shape index (κ1) is 71.1. The standard InChI is InChI=1S/C64H68N12O15S6/c1-30(2)37-22-43(77)49-31(3)96-60(74-49)39(23-46(78)65-4)68-54(83)41-27-92-56(70-41)36-18-19-38(58-72-45(29-95-58)76(21-9-12-33(62(85)86)15-20-48(80)81)64(89)91-35-16-13-34(14-17-35)63(87)88)67-50(36)40-26-93-59(69-40)42-28-94-61(71-42)52(53(82)32-10-7-6-8-11-32)73-47(79)24-66-55(84)51-44(25-90-5)97-57(37)75-51/h6-8,10-11,18-19,26-30,33-35,37,39,52-53,82H,9,12-17,20-25H2,1-5H3,(H,65,78)(H,66,84)(H,68,83)(H,73,79)(H,80,81)(H,85,86)(H,87,88)/t33?,34?,35?,37-,39-,52-,53-/m0/s1. The van der Waals surface area contributed by atoms with Crippen LogP contribution in [-0.4, -0.2) is 142 Å². The van der Waals surface area contributed by atoms with Gasteiger partial charge in [-0.2, -0.15) is 0 Å². The van der Waals surface area contributed by atoms with Crippen molar-refractivity contribution >= 4 is 127 Å². The zero-order valence-corrected chi connectivity index (χ0v) is 57.9. The smallest absolute Gasteiger partial charge is 0.415 e. The molecule has 8 heterocycles. The maximum Gasteiger partial charge on any atom is 0.415 e. The van der Waals surface area contributed by atoms with Crippen molar-refractivity contribution in [3.8, 4) is 43.4 Å². The second-order valence-corrected chi connectivity index (χ2v) is 29.2. The number of anilines is 1. The molecule has 33 heteroatoms. The molecule has 1 aliphatic heterocycles. The summed E-state index contributed by atoms with van der Waals surface area (Å²) in [6.45, 7) is 4.97. The summed E-state index contributed by atoms with van der Waals surface area (Å²) in [6, 6.07) is 9.92. The Balaban J connectivity index is 1.03. The lowest BCUT2D eigenvalue weighted by molar-refractivity contribution is -0.144. The van der Waals surface area contributed by atoms with Crippen molar-refractivity contribution in [1.29, 1.82) is 0 Å². The van der Waals surface area contributed by atoms with E-state index in [4.69, 9.17) is 44.4 Å². The van der Waals surface area contributed by atoms with Gasteiger partial charge in [-0.25, -0.2) is 39.7 Å². The average molecular weight is 1440 g/mol. The Morgan fingerprint density at radius 3 is 2.13 bits per heavy atom. The topological polar surface area (TPSA) is 395 Å². The van der Waals surface area contributed by atoms with E-state index in [1.165, 1.54) is 41.7 Å². The van der Waals surface area contributed by atoms with Gasteiger partial charge in [0.05, 0.1) is 53.0 Å². The van der Waals surface area contributed by atoms with Gasteiger partial charge in [0.2, 0.25) is 11.8 Å². The fraction of sp³-hybridized carbons (Fsp3) is 0.406. The van der Waals surface area contributed by atoms with Crippen LogP contribution in [0.3, 0.4) is 0 Å². The van der Waals surface area contributed by atoms with Gasteiger partial charge in [-0.3, -0.25) is 43.3 Å². The molecule has 5 atom stereocenters. The average Bonchev–Trinajstić information content (AvgIpc) is 1.66. The number of carbonyl (C=O) groups excluding carboxylic acids is 6. The van der Waals surface area contributed by atoms with E-state index < -0.39 is 96.2 Å². The number of ether oxygens (including phenoxy) is 2. The molecular weight excluding hydrogens is 1370 g/mol. The third-order valence-electron chi connectivity index (χ3n) is 16.4. The summed E-state index contributed by atoms with van der Waals surface area (Å²) in [5, 5.41) is 60.7. The molecule has 2 aliphatic rings. The molecule has 7 aromatic heterocycles. The van der Waals surface area contributed by atoms with Crippen LogP contribution in [0, 0.1) is 24.7 Å². The van der Waals surface area contributed by atoms with Crippen LogP contribution in [0.1, 0.15) is 164 Å². The van der Waals surface area contributed by atoms with Crippen LogP contribution in [0.15, 0.2) is 64.0 Å². The van der Waals surface area contributed by atoms with Gasteiger partial charge < -0.3 is 51.2 Å². The summed E-state index contributed by atoms with van der Waals surface area (Å²) < 4.78 is 11.4. The number of hydrogen-bond donors (Lipinski definition) is 8. The fourth-order valence-electron chi connectivity index (χ4n) is 11.1. The third kappa shape index (κ3) is 17.4. The molecule has 10 bridgehead atoms. The number of Topliss-reactive ketones (excluding diaryl/α,β-unsaturated/α-hetero) is 1. The van der Waals surface area contributed by atoms with Crippen molar-refractivity contribution in [2.45, 2.75) is 122 Å². The molecule has 0 spiro atoms. The Bertz CT molecular complexity index is 4210. The van der Waals surface area contributed by atoms with Gasteiger partial charge in [0.25, 0.3) is 11.8 Å². The number of aliphatic hydroxyl groups is 1. The SMILES string of the molecule is CNC(=O)C[C@@H]1NC(=O)c2csc(n2)-c2ccc(-c3nc(N(CCCC(CCC(=O)O)C(=O)O)C(=O)OC4CCC(C(=O)O)CC4)cs3)nc2-c2csc(n2)-c2csc(n2)[C@H]([C@@H](O)c2ccccc2)NC(=O)CNC(=O)c2nc(sc2COC)[C@H](C(C)C)CC(=O)c2nc1sc2C. The van der Waals surface area contributed by atoms with Crippen LogP contribution in [0.25, 0.3) is 43.4 Å². The molecule has 0 radical (unpaired) electrons. The Kier molecular flexibility index (Phi) is 23.5. The number of nitrogens with one attached hydrogen (secondary N) is 4. The first-order valence-electron chi connectivity index (χ1n) is 30.9. The number of carbonyl (C=O) groups is 9. The van der Waals surface area contributed by atoms with Crippen LogP contribution in [0.2, 0.25) is 0 Å². The minimum Gasteiger partial charge on any atom is -0.481 e. The predicted molar refractivity (Wildman–Crippen MR) is 363 cm³/mol. The highest BCUT2D eigenvalue weighted by atomic mass is 32.1. The molecular formula is C64H68N12O15S6. The number of thiazole rings is 6. The molecule has 10 rings (SSSR count). The molecule has 1 aliphatic carbocycles. The number of nitrogens with zero attached hydrogens (tertiary/aromatic N) is 8. The van der Waals surface area contributed by atoms with Gasteiger partial charge in [-0.15, -0.1) is 68.0 Å². The lowest BCUT2D eigenvalue weighted by Crippen LogP contribution is -2.40. The van der Waals surface area contributed by atoms with E-state index in [2.05, 4.69) is 21.3 Å². The number of fused-ring (bicyclic) bond motifs is 14. The van der Waals surface area contributed by atoms with Gasteiger partial charge in [-0.1, -0.05) is 44.2 Å². The van der Waals surface area contributed by atoms with E-state index in [0.717, 1.165) is 45.3 Å². The number of aliphatic hydroxyl groups excluding tert-OH is 1. The number of methoxy groups -OCH3 is 1. The first-order valence-corrected chi connectivity index (χ1v) is 36.0. The predicted octanol–water partition coefficient (Wildman–Crippen LogP) is 10.1. The normalized spacial score (nSPS) is 18.4. The molecule has 27 nitrogen and oxygen atoms in total. The van der Waals surface area contributed by atoms with Crippen molar-refractivity contribution in [1.82, 2.24) is 56.2 Å². The number of aromatic nitrogens is 7. The van der Waals surface area contributed by atoms with Crippen molar-refractivity contribution in [2.75, 3.05) is 32.1 Å². The summed E-state index contributed by atoms with van der Waals surface area (Å²) in [4.78, 5) is 156. The fourth-order valence-corrected chi connectivity index (χ4v) is 16.7. The molecule has 8 aromatic rings. The van der Waals surface area contributed by atoms with Crippen LogP contribution in [0.5, 0.6) is 0 Å². The molecule has 8 N–H and O–H groups in total. The molecule has 0 saturated heterocycles. The molecule has 5 amide bonds. The summed E-state index contributed by atoms with van der Waals surface area (Å²) in [5.74, 6) is -8.13. The van der Waals surface area contributed by atoms with Crippen molar-refractivity contribution in [3.63, 3.8) is 0 Å². The largest absolute Gasteiger partial charge is 0.481 e. The van der Waals surface area contributed by atoms with Gasteiger partial charge in [0.1, 0.15) is 83.3 Å². The van der Waals surface area contributed by atoms with Gasteiger partial charge in [0, 0.05) is 71.4 Å². The lowest BCUT2D eigenvalue weighted by atomic mass is 9.87. The summed E-state index contributed by atoms with van der Waals surface area (Å²) in [7, 11) is 2.93. The number of pyridine rings is 1. The third-order valence-corrected chi connectivity index (χ3v) is 22.1. The second-order valence-electron chi connectivity index (χ2n) is 23.4. The monoisotopic (exact) mass is 1440 g/mol. The molecule has 510 valence electrons. The van der Waals surface area contributed by atoms with E-state index in [-0.39, 0.29) is 97.0 Å². The van der Waals surface area contributed by atoms with E-state index in [0.29, 0.717) is 88.7 Å². The quantitative estimate of drug-likeness (QED) is 0.0373. The van der Waals surface area contributed by atoms with Crippen LogP contribution >= 0.6 is 68.0 Å². The number of carboxylic acids is 3. The Hall–Kier alpha value is -8.70. The van der Waals surface area contributed by atoms with Crippen molar-refractivity contribution < 1.29 is 73.1 Å². The Labute approximate surface area is 579 Å². The van der Waals surface area contributed by atoms with Crippen molar-refractivity contribution in [2.24, 2.45) is 17.8 Å². The molecule has 97 heavy (non-hydrogen) atoms. The highest BCUT2D eigenvalue weighted by Gasteiger charge is 2.35. The lowest BCUT2D eigenvalue weighted by Gasteiger charge is -2.28. The Morgan fingerprint density at radius 1 is 0.722 bits per heavy atom. The number of ketones is 1. The van der Waals surface area contributed by atoms with E-state index in [1.54, 1.807) is 70.9 Å².